The summed E-state index contributed by atoms with van der Waals surface area (Å²) in [5, 5.41) is 6.04. The Morgan fingerprint density at radius 2 is 2.33 bits per heavy atom. The average molecular weight is 293 g/mol. The van der Waals surface area contributed by atoms with Crippen molar-refractivity contribution in [2.75, 3.05) is 12.4 Å². The molecule has 0 aliphatic rings. The van der Waals surface area contributed by atoms with Gasteiger partial charge in [-0.15, -0.1) is 0 Å². The molecule has 0 aromatic carbocycles. The van der Waals surface area contributed by atoms with Gasteiger partial charge in [-0.2, -0.15) is 0 Å². The number of nitrogen functional groups attached to an aromatic ring is 1. The van der Waals surface area contributed by atoms with Crippen LogP contribution in [0.3, 0.4) is 0 Å². The lowest BCUT2D eigenvalue weighted by Crippen LogP contribution is -2.54. The molecule has 0 radical (unpaired) electrons. The van der Waals surface area contributed by atoms with Gasteiger partial charge < -0.3 is 11.2 Å². The van der Waals surface area contributed by atoms with Crippen molar-refractivity contribution in [2.24, 2.45) is 5.11 Å². The molecule has 1 heterocycles. The zero-order chi connectivity index (χ0) is 15.9. The SMILES string of the molecule is CCC(=O)C(C)(CN=[N+]=[N-])NC(=O)CCc1cncn1N. The van der Waals surface area contributed by atoms with Crippen LogP contribution in [0.25, 0.3) is 10.4 Å². The maximum absolute atomic E-state index is 12.0. The average Bonchev–Trinajstić information content (AvgIpc) is 2.87. The molecule has 114 valence electrons. The van der Waals surface area contributed by atoms with Gasteiger partial charge in [-0.1, -0.05) is 12.0 Å². The van der Waals surface area contributed by atoms with E-state index in [1.165, 1.54) is 11.0 Å². The first-order chi connectivity index (χ1) is 9.92. The highest BCUT2D eigenvalue weighted by molar-refractivity contribution is 5.92. The lowest BCUT2D eigenvalue weighted by molar-refractivity contribution is -0.131. The normalized spacial score (nSPS) is 13.0. The first kappa shape index (κ1) is 16.5. The third-order valence-electron chi connectivity index (χ3n) is 3.16. The smallest absolute Gasteiger partial charge is 0.221 e. The number of amides is 1. The lowest BCUT2D eigenvalue weighted by atomic mass is 9.94. The summed E-state index contributed by atoms with van der Waals surface area (Å²) >= 11 is 0. The number of hydrogen-bond acceptors (Lipinski definition) is 5. The van der Waals surface area contributed by atoms with Crippen molar-refractivity contribution in [1.82, 2.24) is 15.0 Å². The van der Waals surface area contributed by atoms with Crippen molar-refractivity contribution in [3.8, 4) is 0 Å². The second-order valence-corrected chi connectivity index (χ2v) is 4.84. The van der Waals surface area contributed by atoms with E-state index in [0.29, 0.717) is 12.1 Å². The zero-order valence-corrected chi connectivity index (χ0v) is 12.1. The van der Waals surface area contributed by atoms with Gasteiger partial charge in [0.25, 0.3) is 0 Å². The summed E-state index contributed by atoms with van der Waals surface area (Å²) in [5.41, 5.74) is 7.92. The lowest BCUT2D eigenvalue weighted by Gasteiger charge is -2.27. The molecule has 9 heteroatoms. The molecular weight excluding hydrogens is 274 g/mol. The van der Waals surface area contributed by atoms with Gasteiger partial charge in [0.2, 0.25) is 5.91 Å². The fraction of sp³-hybridized carbons (Fsp3) is 0.583. The van der Waals surface area contributed by atoms with Gasteiger partial charge in [-0.25, -0.2) is 4.98 Å². The summed E-state index contributed by atoms with van der Waals surface area (Å²) < 4.78 is 1.34. The molecule has 0 bridgehead atoms. The molecule has 1 rings (SSSR count). The van der Waals surface area contributed by atoms with Crippen molar-refractivity contribution < 1.29 is 9.59 Å². The Morgan fingerprint density at radius 1 is 1.62 bits per heavy atom. The molecule has 0 saturated heterocycles. The molecule has 3 N–H and O–H groups in total. The molecule has 0 fully saturated rings. The van der Waals surface area contributed by atoms with E-state index < -0.39 is 5.54 Å². The molecule has 0 aliphatic carbocycles. The topological polar surface area (TPSA) is 139 Å². The van der Waals surface area contributed by atoms with Crippen LogP contribution < -0.4 is 11.2 Å². The molecule has 9 nitrogen and oxygen atoms in total. The minimum atomic E-state index is -1.18. The number of imidazole rings is 1. The third kappa shape index (κ3) is 4.50. The largest absolute Gasteiger partial charge is 0.344 e. The first-order valence-corrected chi connectivity index (χ1v) is 6.54. The summed E-state index contributed by atoms with van der Waals surface area (Å²) in [4.78, 5) is 30.4. The van der Waals surface area contributed by atoms with Crippen LogP contribution in [0.5, 0.6) is 0 Å². The van der Waals surface area contributed by atoms with Crippen molar-refractivity contribution in [1.29, 1.82) is 0 Å². The highest BCUT2D eigenvalue weighted by atomic mass is 16.2. The Bertz CT molecular complexity index is 562. The van der Waals surface area contributed by atoms with Crippen molar-refractivity contribution in [3.63, 3.8) is 0 Å². The quantitative estimate of drug-likeness (QED) is 0.315. The number of nitrogens with zero attached hydrogens (tertiary/aromatic N) is 5. The Labute approximate surface area is 122 Å². The molecule has 1 unspecified atom stereocenters. The number of ketones is 1. The van der Waals surface area contributed by atoms with Gasteiger partial charge in [0, 0.05) is 17.8 Å². The number of nitrogens with one attached hydrogen (secondary N) is 1. The Morgan fingerprint density at radius 3 is 2.86 bits per heavy atom. The molecule has 0 saturated carbocycles. The monoisotopic (exact) mass is 293 g/mol. The molecule has 21 heavy (non-hydrogen) atoms. The molecule has 1 aromatic rings. The van der Waals surface area contributed by atoms with Crippen molar-refractivity contribution in [2.45, 2.75) is 38.6 Å². The maximum Gasteiger partial charge on any atom is 0.221 e. The first-order valence-electron chi connectivity index (χ1n) is 6.54. The highest BCUT2D eigenvalue weighted by Crippen LogP contribution is 2.10. The van der Waals surface area contributed by atoms with Crippen LogP contribution in [0.1, 0.15) is 32.4 Å². The van der Waals surface area contributed by atoms with E-state index in [1.54, 1.807) is 20.0 Å². The second kappa shape index (κ2) is 7.30. The van der Waals surface area contributed by atoms with Crippen molar-refractivity contribution >= 4 is 11.7 Å². The van der Waals surface area contributed by atoms with Crippen LogP contribution in [0.2, 0.25) is 0 Å². The summed E-state index contributed by atoms with van der Waals surface area (Å²) in [7, 11) is 0. The van der Waals surface area contributed by atoms with E-state index in [9.17, 15) is 9.59 Å². The fourth-order valence-electron chi connectivity index (χ4n) is 1.90. The van der Waals surface area contributed by atoms with Crippen LogP contribution in [0, 0.1) is 0 Å². The van der Waals surface area contributed by atoms with Gasteiger partial charge in [0.15, 0.2) is 5.78 Å². The van der Waals surface area contributed by atoms with Crippen LogP contribution in [0.15, 0.2) is 17.6 Å². The van der Waals surface area contributed by atoms with Crippen LogP contribution in [-0.4, -0.2) is 33.4 Å². The predicted molar refractivity (Wildman–Crippen MR) is 76.6 cm³/mol. The number of nitrogens with two attached hydrogens (primary N) is 1. The number of carbonyl (C=O) groups excluding carboxylic acids is 2. The fourth-order valence-corrected chi connectivity index (χ4v) is 1.90. The summed E-state index contributed by atoms with van der Waals surface area (Å²) in [6, 6.07) is 0. The molecular formula is C12H19N7O2. The van der Waals surface area contributed by atoms with Gasteiger partial charge in [0.05, 0.1) is 18.4 Å². The van der Waals surface area contributed by atoms with E-state index in [-0.39, 0.29) is 31.1 Å². The number of aromatic nitrogens is 2. The Kier molecular flexibility index (Phi) is 5.74. The van der Waals surface area contributed by atoms with Crippen LogP contribution >= 0.6 is 0 Å². The van der Waals surface area contributed by atoms with Gasteiger partial charge in [0.1, 0.15) is 11.9 Å². The van der Waals surface area contributed by atoms with Crippen LogP contribution in [-0.2, 0) is 16.0 Å². The van der Waals surface area contributed by atoms with Crippen molar-refractivity contribution in [3.05, 3.63) is 28.7 Å². The van der Waals surface area contributed by atoms with E-state index in [2.05, 4.69) is 20.3 Å². The Hall–Kier alpha value is -2.54. The minimum Gasteiger partial charge on any atom is -0.344 e. The van der Waals surface area contributed by atoms with Gasteiger partial charge in [-0.3, -0.25) is 14.3 Å². The second-order valence-electron chi connectivity index (χ2n) is 4.84. The van der Waals surface area contributed by atoms with Gasteiger partial charge >= 0.3 is 0 Å². The number of Topliss-reactive ketones (excluding diaryl/α,β-unsaturated/α-hetero) is 1. The molecule has 0 spiro atoms. The standard InChI is InChI=1S/C12H19N7O2/c1-3-10(20)12(2,7-16-18-13)17-11(21)5-4-9-6-15-8-19(9)14/h6,8H,3-5,7,14H2,1-2H3,(H,17,21). The highest BCUT2D eigenvalue weighted by Gasteiger charge is 2.32. The van der Waals surface area contributed by atoms with E-state index in [0.717, 1.165) is 0 Å². The number of aryl methyl sites for hydroxylation is 1. The van der Waals surface area contributed by atoms with E-state index >= 15 is 0 Å². The number of hydrogen-bond donors (Lipinski definition) is 2. The molecule has 1 atom stereocenters. The molecule has 1 amide bonds. The summed E-state index contributed by atoms with van der Waals surface area (Å²) in [6.07, 6.45) is 3.82. The summed E-state index contributed by atoms with van der Waals surface area (Å²) in [5.74, 6) is 5.10. The van der Waals surface area contributed by atoms with E-state index in [4.69, 9.17) is 11.4 Å². The minimum absolute atomic E-state index is 0.114. The molecule has 0 aliphatic heterocycles. The number of azide groups is 1. The maximum atomic E-state index is 12.0. The number of rotatable bonds is 8. The van der Waals surface area contributed by atoms with Crippen LogP contribution in [0.4, 0.5) is 0 Å². The Balaban J connectivity index is 2.65. The predicted octanol–water partition coefficient (Wildman–Crippen LogP) is 0.694. The molecule has 1 aromatic heterocycles. The number of carbonyl (C=O) groups is 2. The third-order valence-corrected chi connectivity index (χ3v) is 3.16. The zero-order valence-electron chi connectivity index (χ0n) is 12.1. The summed E-state index contributed by atoms with van der Waals surface area (Å²) in [6.45, 7) is 3.13. The van der Waals surface area contributed by atoms with E-state index in [1.807, 2.05) is 0 Å². The van der Waals surface area contributed by atoms with Gasteiger partial charge in [-0.05, 0) is 18.9 Å².